The van der Waals surface area contributed by atoms with E-state index in [1.54, 1.807) is 10.6 Å². The summed E-state index contributed by atoms with van der Waals surface area (Å²) in [6, 6.07) is 13.3. The highest BCUT2D eigenvalue weighted by atomic mass is 32.1. The molecule has 0 aliphatic carbocycles. The average molecular weight is 394 g/mol. The Kier molecular flexibility index (Phi) is 4.94. The normalized spacial score (nSPS) is 12.6. The minimum atomic E-state index is 0.0309. The van der Waals surface area contributed by atoms with Gasteiger partial charge >= 0.3 is 0 Å². The Morgan fingerprint density at radius 3 is 2.93 bits per heavy atom. The van der Waals surface area contributed by atoms with Gasteiger partial charge in [0.2, 0.25) is 17.8 Å². The minimum absolute atomic E-state index is 0.0309. The van der Waals surface area contributed by atoms with Crippen LogP contribution in [0.1, 0.15) is 5.56 Å². The summed E-state index contributed by atoms with van der Waals surface area (Å²) in [6.45, 7) is 4.90. The monoisotopic (exact) mass is 394 g/mol. The molecular weight excluding hydrogens is 376 g/mol. The van der Waals surface area contributed by atoms with Gasteiger partial charge in [-0.3, -0.25) is 0 Å². The van der Waals surface area contributed by atoms with Gasteiger partial charge in [0.15, 0.2) is 17.2 Å². The van der Waals surface area contributed by atoms with Crippen molar-refractivity contribution in [2.75, 3.05) is 6.79 Å². The number of thiocarbonyl (C=S) groups is 1. The lowest BCUT2D eigenvalue weighted by Crippen LogP contribution is -2.18. The molecule has 28 heavy (non-hydrogen) atoms. The van der Waals surface area contributed by atoms with Gasteiger partial charge in [-0.2, -0.15) is 0 Å². The number of ether oxygens (including phenoxy) is 2. The fourth-order valence-electron chi connectivity index (χ4n) is 3.04. The molecule has 0 saturated heterocycles. The van der Waals surface area contributed by atoms with Gasteiger partial charge < -0.3 is 24.5 Å². The Morgan fingerprint density at radius 2 is 2.07 bits per heavy atom. The van der Waals surface area contributed by atoms with Gasteiger partial charge in [-0.15, -0.1) is 16.8 Å². The summed E-state index contributed by atoms with van der Waals surface area (Å²) in [7, 11) is 0. The highest BCUT2D eigenvalue weighted by Crippen LogP contribution is 2.38. The van der Waals surface area contributed by atoms with Crippen LogP contribution < -0.4 is 14.8 Å². The number of rotatable bonds is 5. The van der Waals surface area contributed by atoms with Gasteiger partial charge in [-0.1, -0.05) is 30.3 Å². The van der Waals surface area contributed by atoms with Crippen LogP contribution in [0.25, 0.3) is 10.9 Å². The van der Waals surface area contributed by atoms with Crippen molar-refractivity contribution in [1.29, 1.82) is 0 Å². The smallest absolute Gasteiger partial charge is 0.231 e. The van der Waals surface area contributed by atoms with Crippen LogP contribution >= 0.6 is 12.2 Å². The molecule has 2 heterocycles. The number of allylic oxidation sites excluding steroid dienone is 1. The minimum Gasteiger partial charge on any atom is -0.493 e. The largest absolute Gasteiger partial charge is 0.493 e. The second-order valence-electron chi connectivity index (χ2n) is 6.13. The summed E-state index contributed by atoms with van der Waals surface area (Å²) < 4.78 is 12.4. The van der Waals surface area contributed by atoms with E-state index in [0.717, 1.165) is 22.2 Å². The molecule has 2 N–H and O–H groups in total. The molecule has 0 atom stereocenters. The number of para-hydroxylation sites is 1. The number of nitrogens with one attached hydrogen (secondary N) is 1. The molecule has 0 amide bonds. The van der Waals surface area contributed by atoms with Crippen LogP contribution in [0, 0.1) is 0 Å². The third kappa shape index (κ3) is 3.41. The number of aromatic nitrogens is 1. The first-order valence-corrected chi connectivity index (χ1v) is 9.07. The maximum absolute atomic E-state index is 10.5. The van der Waals surface area contributed by atoms with Crippen molar-refractivity contribution in [3.05, 3.63) is 60.7 Å². The van der Waals surface area contributed by atoms with Crippen molar-refractivity contribution in [3.8, 4) is 17.4 Å². The van der Waals surface area contributed by atoms with Crippen LogP contribution in [0.4, 0.5) is 5.69 Å². The molecule has 0 saturated carbocycles. The summed E-state index contributed by atoms with van der Waals surface area (Å²) in [4.78, 5) is 0. The van der Waals surface area contributed by atoms with Crippen LogP contribution in [0.5, 0.6) is 17.4 Å². The maximum Gasteiger partial charge on any atom is 0.231 e. The summed E-state index contributed by atoms with van der Waals surface area (Å²) in [5.74, 6) is 1.48. The van der Waals surface area contributed by atoms with E-state index in [-0.39, 0.29) is 17.8 Å². The maximum atomic E-state index is 10.5. The Bertz CT molecular complexity index is 1090. The zero-order chi connectivity index (χ0) is 19.5. The molecule has 3 aromatic rings. The van der Waals surface area contributed by atoms with Gasteiger partial charge in [0, 0.05) is 18.5 Å². The molecule has 0 fully saturated rings. The second kappa shape index (κ2) is 7.69. The van der Waals surface area contributed by atoms with Crippen molar-refractivity contribution in [2.24, 2.45) is 10.2 Å². The Hall–Kier alpha value is -3.39. The molecular formula is C20H18N4O3S. The predicted molar refractivity (Wildman–Crippen MR) is 110 cm³/mol. The van der Waals surface area contributed by atoms with E-state index in [1.165, 1.54) is 0 Å². The highest BCUT2D eigenvalue weighted by molar-refractivity contribution is 7.80. The Balaban J connectivity index is 1.49. The van der Waals surface area contributed by atoms with Gasteiger partial charge in [0.25, 0.3) is 0 Å². The Labute approximate surface area is 166 Å². The molecule has 8 heteroatoms. The molecule has 7 nitrogen and oxygen atoms in total. The molecule has 2 aromatic carbocycles. The molecule has 0 radical (unpaired) electrons. The fourth-order valence-corrected chi connectivity index (χ4v) is 3.16. The summed E-state index contributed by atoms with van der Waals surface area (Å²) >= 11 is 5.24. The van der Waals surface area contributed by atoms with Crippen LogP contribution in [-0.2, 0) is 13.1 Å². The van der Waals surface area contributed by atoms with E-state index in [2.05, 4.69) is 22.1 Å². The van der Waals surface area contributed by atoms with Gasteiger partial charge in [-0.25, -0.2) is 0 Å². The predicted octanol–water partition coefficient (Wildman–Crippen LogP) is 4.42. The van der Waals surface area contributed by atoms with E-state index in [9.17, 15) is 5.11 Å². The zero-order valence-electron chi connectivity index (χ0n) is 15.0. The van der Waals surface area contributed by atoms with Gasteiger partial charge in [0.1, 0.15) is 0 Å². The molecule has 0 spiro atoms. The van der Waals surface area contributed by atoms with Gasteiger partial charge in [-0.05, 0) is 36.0 Å². The third-order valence-corrected chi connectivity index (χ3v) is 4.58. The molecule has 0 unspecified atom stereocenters. The number of hydrogen-bond donors (Lipinski definition) is 2. The van der Waals surface area contributed by atoms with Crippen molar-refractivity contribution in [1.82, 2.24) is 9.88 Å². The molecule has 4 rings (SSSR count). The van der Waals surface area contributed by atoms with E-state index in [0.29, 0.717) is 24.5 Å². The number of nitrogens with zero attached hydrogens (tertiary/aromatic N) is 3. The van der Waals surface area contributed by atoms with Crippen molar-refractivity contribution in [2.45, 2.75) is 13.1 Å². The SMILES string of the molecule is C=CCn1c(O)c(N=NC(=S)NCc2ccc3c(c2)OCO3)c2ccccc21. The summed E-state index contributed by atoms with van der Waals surface area (Å²) in [6.07, 6.45) is 1.71. The number of aromatic hydroxyl groups is 1. The molecule has 1 aliphatic heterocycles. The van der Waals surface area contributed by atoms with Crippen LogP contribution in [-0.4, -0.2) is 21.6 Å². The first-order valence-electron chi connectivity index (χ1n) is 8.66. The van der Waals surface area contributed by atoms with E-state index in [1.807, 2.05) is 42.5 Å². The molecule has 1 aromatic heterocycles. The van der Waals surface area contributed by atoms with Crippen molar-refractivity contribution in [3.63, 3.8) is 0 Å². The average Bonchev–Trinajstić information content (AvgIpc) is 3.28. The van der Waals surface area contributed by atoms with Crippen LogP contribution in [0.3, 0.4) is 0 Å². The van der Waals surface area contributed by atoms with Crippen molar-refractivity contribution < 1.29 is 14.6 Å². The van der Waals surface area contributed by atoms with Gasteiger partial charge in [0.05, 0.1) is 5.52 Å². The van der Waals surface area contributed by atoms with E-state index < -0.39 is 0 Å². The number of hydrogen-bond acceptors (Lipinski definition) is 5. The first kappa shape index (κ1) is 18.0. The fraction of sp³-hybridized carbons (Fsp3) is 0.150. The van der Waals surface area contributed by atoms with Crippen LogP contribution in [0.15, 0.2) is 65.3 Å². The lowest BCUT2D eigenvalue weighted by atomic mass is 10.2. The lowest BCUT2D eigenvalue weighted by molar-refractivity contribution is 0.174. The zero-order valence-corrected chi connectivity index (χ0v) is 15.8. The number of azo groups is 1. The number of benzene rings is 2. The van der Waals surface area contributed by atoms with Crippen LogP contribution in [0.2, 0.25) is 0 Å². The summed E-state index contributed by atoms with van der Waals surface area (Å²) in [5, 5.41) is 22.8. The van der Waals surface area contributed by atoms with E-state index >= 15 is 0 Å². The first-order chi connectivity index (χ1) is 13.7. The summed E-state index contributed by atoms with van der Waals surface area (Å²) in [5.41, 5.74) is 2.21. The quantitative estimate of drug-likeness (QED) is 0.380. The Morgan fingerprint density at radius 1 is 1.25 bits per heavy atom. The third-order valence-electron chi connectivity index (χ3n) is 4.35. The molecule has 1 aliphatic rings. The van der Waals surface area contributed by atoms with E-state index in [4.69, 9.17) is 21.7 Å². The van der Waals surface area contributed by atoms with Crippen molar-refractivity contribution >= 4 is 33.9 Å². The number of fused-ring (bicyclic) bond motifs is 2. The standard InChI is InChI=1S/C20H18N4O3S/c1-2-9-24-15-6-4-3-5-14(15)18(19(24)25)22-23-20(28)21-11-13-7-8-16-17(10-13)27-12-26-16/h2-8,10,25H,1,9,11-12H2,(H,21,28). The second-order valence-corrected chi connectivity index (χ2v) is 6.52. The molecule has 142 valence electrons. The highest BCUT2D eigenvalue weighted by Gasteiger charge is 2.16. The topological polar surface area (TPSA) is 80.4 Å². The lowest BCUT2D eigenvalue weighted by Gasteiger charge is -2.04. The molecule has 0 bridgehead atoms.